The molecular formula is C21H19N3O2. The van der Waals surface area contributed by atoms with E-state index in [1.165, 1.54) is 0 Å². The minimum atomic E-state index is -0.279. The Morgan fingerprint density at radius 2 is 1.77 bits per heavy atom. The summed E-state index contributed by atoms with van der Waals surface area (Å²) >= 11 is 0. The molecule has 2 aromatic heterocycles. The minimum Gasteiger partial charge on any atom is -0.354 e. The first-order valence-corrected chi connectivity index (χ1v) is 8.32. The summed E-state index contributed by atoms with van der Waals surface area (Å²) in [7, 11) is 1.56. The maximum absolute atomic E-state index is 12.8. The Hall–Kier alpha value is -3.34. The molecule has 0 fully saturated rings. The fourth-order valence-electron chi connectivity index (χ4n) is 2.76. The molecule has 1 amide bonds. The van der Waals surface area contributed by atoms with Crippen molar-refractivity contribution in [2.24, 2.45) is 0 Å². The molecule has 0 saturated heterocycles. The van der Waals surface area contributed by atoms with Gasteiger partial charge in [0, 0.05) is 25.2 Å². The Kier molecular flexibility index (Phi) is 5.17. The number of aromatic nitrogens is 2. The Bertz CT molecular complexity index is 952. The van der Waals surface area contributed by atoms with Crippen LogP contribution in [-0.2, 0) is 6.42 Å². The van der Waals surface area contributed by atoms with Crippen LogP contribution in [-0.4, -0.2) is 28.7 Å². The number of hydrogen-bond donors (Lipinski definition) is 1. The van der Waals surface area contributed by atoms with E-state index in [2.05, 4.69) is 15.3 Å². The normalized spacial score (nSPS) is 10.4. The van der Waals surface area contributed by atoms with Crippen LogP contribution in [0.15, 0.2) is 60.8 Å². The van der Waals surface area contributed by atoms with Gasteiger partial charge in [-0.1, -0.05) is 36.4 Å². The van der Waals surface area contributed by atoms with Crippen LogP contribution in [0.2, 0.25) is 0 Å². The molecule has 130 valence electrons. The van der Waals surface area contributed by atoms with Gasteiger partial charge in [0.2, 0.25) is 0 Å². The van der Waals surface area contributed by atoms with Gasteiger partial charge in [0.15, 0.2) is 5.78 Å². The van der Waals surface area contributed by atoms with Gasteiger partial charge in [-0.15, -0.1) is 0 Å². The summed E-state index contributed by atoms with van der Waals surface area (Å²) < 4.78 is 0. The number of pyridine rings is 2. The number of benzene rings is 1. The van der Waals surface area contributed by atoms with E-state index in [1.807, 2.05) is 49.4 Å². The predicted molar refractivity (Wildman–Crippen MR) is 100 cm³/mol. The third-order valence-corrected chi connectivity index (χ3v) is 4.14. The molecule has 5 nitrogen and oxygen atoms in total. The fraction of sp³-hybridized carbons (Fsp3) is 0.143. The van der Waals surface area contributed by atoms with E-state index in [1.54, 1.807) is 25.4 Å². The van der Waals surface area contributed by atoms with E-state index in [0.29, 0.717) is 22.6 Å². The zero-order chi connectivity index (χ0) is 18.5. The number of Topliss-reactive ketones (excluding diaryl/α,β-unsaturated/α-hetero) is 1. The molecule has 0 atom stereocenters. The molecule has 0 aliphatic carbocycles. The number of rotatable bonds is 5. The predicted octanol–water partition coefficient (Wildman–Crippen LogP) is 3.24. The molecule has 0 radical (unpaired) electrons. The molecule has 0 aliphatic heterocycles. The summed E-state index contributed by atoms with van der Waals surface area (Å²) in [6.07, 6.45) is 1.86. The number of ketones is 1. The zero-order valence-corrected chi connectivity index (χ0v) is 14.7. The number of amides is 1. The third kappa shape index (κ3) is 3.67. The first-order valence-electron chi connectivity index (χ1n) is 8.32. The van der Waals surface area contributed by atoms with E-state index >= 15 is 0 Å². The lowest BCUT2D eigenvalue weighted by Gasteiger charge is -2.11. The molecular weight excluding hydrogens is 326 g/mol. The van der Waals surface area contributed by atoms with E-state index in [0.717, 1.165) is 11.1 Å². The lowest BCUT2D eigenvalue weighted by molar-refractivity contribution is 0.0957. The summed E-state index contributed by atoms with van der Waals surface area (Å²) in [6, 6.07) is 16.4. The highest BCUT2D eigenvalue weighted by Gasteiger charge is 2.17. The van der Waals surface area contributed by atoms with Crippen LogP contribution in [0.3, 0.4) is 0 Å². The standard InChI is InChI=1S/C21H19N3O2/c1-14-7-3-4-8-16(14)19(25)13-15-10-11-18(21(26)22-2)24-20(15)17-9-5-6-12-23-17/h3-12H,13H2,1-2H3,(H,22,26). The molecule has 1 N–H and O–H groups in total. The summed E-state index contributed by atoms with van der Waals surface area (Å²) in [5.41, 5.74) is 3.84. The summed E-state index contributed by atoms with van der Waals surface area (Å²) in [5.74, 6) is -0.270. The minimum absolute atomic E-state index is 0.00905. The largest absolute Gasteiger partial charge is 0.354 e. The van der Waals surface area contributed by atoms with Crippen LogP contribution in [0.25, 0.3) is 11.4 Å². The van der Waals surface area contributed by atoms with Crippen molar-refractivity contribution in [3.05, 3.63) is 83.2 Å². The summed E-state index contributed by atoms with van der Waals surface area (Å²) in [4.78, 5) is 33.5. The van der Waals surface area contributed by atoms with Crippen molar-refractivity contribution >= 4 is 11.7 Å². The average molecular weight is 345 g/mol. The van der Waals surface area contributed by atoms with E-state index in [9.17, 15) is 9.59 Å². The highest BCUT2D eigenvalue weighted by atomic mass is 16.1. The van der Waals surface area contributed by atoms with Gasteiger partial charge in [0.1, 0.15) is 5.69 Å². The lowest BCUT2D eigenvalue weighted by atomic mass is 9.97. The van der Waals surface area contributed by atoms with Crippen molar-refractivity contribution in [3.8, 4) is 11.4 Å². The molecule has 5 heteroatoms. The van der Waals surface area contributed by atoms with E-state index in [4.69, 9.17) is 0 Å². The molecule has 3 rings (SSSR count). The van der Waals surface area contributed by atoms with Gasteiger partial charge in [-0.25, -0.2) is 4.98 Å². The molecule has 0 saturated carbocycles. The van der Waals surface area contributed by atoms with Crippen LogP contribution in [0.4, 0.5) is 0 Å². The second-order valence-corrected chi connectivity index (χ2v) is 5.91. The number of carbonyl (C=O) groups is 2. The molecule has 1 aromatic carbocycles. The van der Waals surface area contributed by atoms with Crippen molar-refractivity contribution in [2.45, 2.75) is 13.3 Å². The topological polar surface area (TPSA) is 72.0 Å². The fourth-order valence-corrected chi connectivity index (χ4v) is 2.76. The maximum Gasteiger partial charge on any atom is 0.269 e. The van der Waals surface area contributed by atoms with Gasteiger partial charge in [-0.05, 0) is 36.2 Å². The van der Waals surface area contributed by atoms with Crippen molar-refractivity contribution in [2.75, 3.05) is 7.05 Å². The first kappa shape index (κ1) is 17.5. The van der Waals surface area contributed by atoms with Gasteiger partial charge in [0.25, 0.3) is 5.91 Å². The summed E-state index contributed by atoms with van der Waals surface area (Å²) in [6.45, 7) is 1.92. The van der Waals surface area contributed by atoms with Crippen LogP contribution in [0.1, 0.15) is 32.0 Å². The smallest absolute Gasteiger partial charge is 0.269 e. The highest BCUT2D eigenvalue weighted by molar-refractivity contribution is 5.99. The number of aryl methyl sites for hydroxylation is 1. The molecule has 2 heterocycles. The van der Waals surface area contributed by atoms with Crippen molar-refractivity contribution < 1.29 is 9.59 Å². The van der Waals surface area contributed by atoms with Crippen LogP contribution in [0.5, 0.6) is 0 Å². The second kappa shape index (κ2) is 7.70. The third-order valence-electron chi connectivity index (χ3n) is 4.14. The molecule has 3 aromatic rings. The Labute approximate surface area is 152 Å². The van der Waals surface area contributed by atoms with E-state index < -0.39 is 0 Å². The number of nitrogens with one attached hydrogen (secondary N) is 1. The molecule has 26 heavy (non-hydrogen) atoms. The van der Waals surface area contributed by atoms with Crippen molar-refractivity contribution in [1.82, 2.24) is 15.3 Å². The van der Waals surface area contributed by atoms with E-state index in [-0.39, 0.29) is 18.1 Å². The zero-order valence-electron chi connectivity index (χ0n) is 14.7. The Morgan fingerprint density at radius 3 is 2.46 bits per heavy atom. The molecule has 0 unspecified atom stereocenters. The number of carbonyl (C=O) groups excluding carboxylic acids is 2. The molecule has 0 aliphatic rings. The maximum atomic E-state index is 12.8. The SMILES string of the molecule is CNC(=O)c1ccc(CC(=O)c2ccccc2C)c(-c2ccccn2)n1. The number of hydrogen-bond acceptors (Lipinski definition) is 4. The van der Waals surface area contributed by atoms with Gasteiger partial charge in [-0.3, -0.25) is 14.6 Å². The first-order chi connectivity index (χ1) is 12.6. The quantitative estimate of drug-likeness (QED) is 0.721. The molecule has 0 bridgehead atoms. The van der Waals surface area contributed by atoms with Gasteiger partial charge >= 0.3 is 0 Å². The van der Waals surface area contributed by atoms with Gasteiger partial charge in [0.05, 0.1) is 11.4 Å². The second-order valence-electron chi connectivity index (χ2n) is 5.91. The van der Waals surface area contributed by atoms with Gasteiger partial charge in [-0.2, -0.15) is 0 Å². The lowest BCUT2D eigenvalue weighted by Crippen LogP contribution is -2.20. The number of nitrogens with zero attached hydrogens (tertiary/aromatic N) is 2. The highest BCUT2D eigenvalue weighted by Crippen LogP contribution is 2.22. The van der Waals surface area contributed by atoms with Crippen LogP contribution in [0, 0.1) is 6.92 Å². The Balaban J connectivity index is 2.02. The van der Waals surface area contributed by atoms with Crippen molar-refractivity contribution in [1.29, 1.82) is 0 Å². The van der Waals surface area contributed by atoms with Gasteiger partial charge < -0.3 is 5.32 Å². The van der Waals surface area contributed by atoms with Crippen molar-refractivity contribution in [3.63, 3.8) is 0 Å². The molecule has 0 spiro atoms. The monoisotopic (exact) mass is 345 g/mol. The Morgan fingerprint density at radius 1 is 1.00 bits per heavy atom. The van der Waals surface area contributed by atoms with Crippen LogP contribution >= 0.6 is 0 Å². The van der Waals surface area contributed by atoms with Crippen LogP contribution < -0.4 is 5.32 Å². The average Bonchev–Trinajstić information content (AvgIpc) is 2.68. The summed E-state index contributed by atoms with van der Waals surface area (Å²) in [5, 5.41) is 2.56.